The minimum absolute atomic E-state index is 0.0766. The van der Waals surface area contributed by atoms with Crippen molar-refractivity contribution in [3.05, 3.63) is 18.2 Å². The first kappa shape index (κ1) is 13.7. The zero-order valence-electron chi connectivity index (χ0n) is 11.5. The predicted molar refractivity (Wildman–Crippen MR) is 74.4 cm³/mol. The first-order chi connectivity index (χ1) is 9.15. The lowest BCUT2D eigenvalue weighted by molar-refractivity contribution is -0.117. The van der Waals surface area contributed by atoms with Crippen molar-refractivity contribution < 1.29 is 14.6 Å². The molecule has 4 heteroatoms. The lowest BCUT2D eigenvalue weighted by Gasteiger charge is -2.08. The molecule has 1 amide bonds. The van der Waals surface area contributed by atoms with E-state index in [4.69, 9.17) is 4.74 Å². The van der Waals surface area contributed by atoms with Crippen LogP contribution in [0.2, 0.25) is 0 Å². The number of benzene rings is 1. The Kier molecular flexibility index (Phi) is 4.30. The Morgan fingerprint density at radius 2 is 2.32 bits per heavy atom. The van der Waals surface area contributed by atoms with Crippen LogP contribution >= 0.6 is 0 Å². The van der Waals surface area contributed by atoms with Gasteiger partial charge in [0, 0.05) is 17.7 Å². The summed E-state index contributed by atoms with van der Waals surface area (Å²) >= 11 is 0. The van der Waals surface area contributed by atoms with Gasteiger partial charge in [0.05, 0.1) is 7.11 Å². The van der Waals surface area contributed by atoms with E-state index < -0.39 is 0 Å². The van der Waals surface area contributed by atoms with Crippen LogP contribution in [0.15, 0.2) is 18.2 Å². The van der Waals surface area contributed by atoms with Gasteiger partial charge in [-0.2, -0.15) is 0 Å². The molecule has 1 fully saturated rings. The maximum atomic E-state index is 12.0. The number of carbonyl (C=O) groups is 1. The molecule has 0 unspecified atom stereocenters. The smallest absolute Gasteiger partial charge is 0.227 e. The van der Waals surface area contributed by atoms with Crippen molar-refractivity contribution in [3.63, 3.8) is 0 Å². The quantitative estimate of drug-likeness (QED) is 0.775. The summed E-state index contributed by atoms with van der Waals surface area (Å²) < 4.78 is 5.02. The molecule has 0 spiro atoms. The van der Waals surface area contributed by atoms with Crippen LogP contribution in [0.4, 0.5) is 5.69 Å². The topological polar surface area (TPSA) is 58.6 Å². The average Bonchev–Trinajstić information content (AvgIpc) is 3.18. The summed E-state index contributed by atoms with van der Waals surface area (Å²) in [5.74, 6) is 1.24. The summed E-state index contributed by atoms with van der Waals surface area (Å²) in [4.78, 5) is 12.0. The van der Waals surface area contributed by atoms with Gasteiger partial charge in [0.15, 0.2) is 11.5 Å². The summed E-state index contributed by atoms with van der Waals surface area (Å²) in [7, 11) is 1.49. The first-order valence-electron chi connectivity index (χ1n) is 6.83. The predicted octanol–water partition coefficient (Wildman–Crippen LogP) is 3.17. The van der Waals surface area contributed by atoms with Crippen LogP contribution in [0.1, 0.15) is 32.6 Å². The van der Waals surface area contributed by atoms with Crippen molar-refractivity contribution in [3.8, 4) is 11.5 Å². The fraction of sp³-hybridized carbons (Fsp3) is 0.533. The van der Waals surface area contributed by atoms with Gasteiger partial charge in [-0.05, 0) is 30.9 Å². The molecular formula is C15H21NO3. The Balaban J connectivity index is 1.90. The van der Waals surface area contributed by atoms with Gasteiger partial charge >= 0.3 is 0 Å². The molecule has 0 bridgehead atoms. The molecule has 1 aliphatic rings. The Morgan fingerprint density at radius 1 is 1.53 bits per heavy atom. The third-order valence-corrected chi connectivity index (χ3v) is 3.64. The van der Waals surface area contributed by atoms with E-state index in [9.17, 15) is 9.90 Å². The number of amides is 1. The second-order valence-electron chi connectivity index (χ2n) is 5.12. The number of nitrogens with one attached hydrogen (secondary N) is 1. The van der Waals surface area contributed by atoms with E-state index in [1.807, 2.05) is 0 Å². The Labute approximate surface area is 113 Å². The summed E-state index contributed by atoms with van der Waals surface area (Å²) in [6.45, 7) is 2.17. The highest BCUT2D eigenvalue weighted by Crippen LogP contribution is 2.43. The van der Waals surface area contributed by atoms with E-state index in [-0.39, 0.29) is 17.6 Å². The SMILES string of the molecule is CCCC[C@@H]1C[C@@H]1C(=O)Nc1ccc(O)c(OC)c1. The van der Waals surface area contributed by atoms with Gasteiger partial charge in [0.1, 0.15) is 0 Å². The van der Waals surface area contributed by atoms with Crippen molar-refractivity contribution in [2.45, 2.75) is 32.6 Å². The van der Waals surface area contributed by atoms with E-state index >= 15 is 0 Å². The van der Waals surface area contributed by atoms with Gasteiger partial charge in [0.2, 0.25) is 5.91 Å². The van der Waals surface area contributed by atoms with Crippen LogP contribution in [0, 0.1) is 11.8 Å². The second kappa shape index (κ2) is 5.95. The van der Waals surface area contributed by atoms with Crippen molar-refractivity contribution >= 4 is 11.6 Å². The minimum Gasteiger partial charge on any atom is -0.504 e. The second-order valence-corrected chi connectivity index (χ2v) is 5.12. The Morgan fingerprint density at radius 3 is 3.00 bits per heavy atom. The van der Waals surface area contributed by atoms with Crippen LogP contribution in [0.3, 0.4) is 0 Å². The molecule has 2 atom stereocenters. The number of anilines is 1. The van der Waals surface area contributed by atoms with E-state index in [2.05, 4.69) is 12.2 Å². The number of methoxy groups -OCH3 is 1. The molecule has 19 heavy (non-hydrogen) atoms. The molecule has 2 N–H and O–H groups in total. The normalized spacial score (nSPS) is 20.9. The number of phenols is 1. The van der Waals surface area contributed by atoms with Crippen LogP contribution in [0.25, 0.3) is 0 Å². The molecule has 0 saturated heterocycles. The largest absolute Gasteiger partial charge is 0.504 e. The molecule has 1 aliphatic carbocycles. The van der Waals surface area contributed by atoms with Crippen molar-refractivity contribution in [1.29, 1.82) is 0 Å². The standard InChI is InChI=1S/C15H21NO3/c1-3-4-5-10-8-12(10)15(18)16-11-6-7-13(17)14(9-11)19-2/h6-7,9-10,12,17H,3-5,8H2,1-2H3,(H,16,18)/t10-,12+/m1/s1. The molecule has 4 nitrogen and oxygen atoms in total. The van der Waals surface area contributed by atoms with Crippen LogP contribution in [-0.2, 0) is 4.79 Å². The monoisotopic (exact) mass is 263 g/mol. The molecular weight excluding hydrogens is 242 g/mol. The highest BCUT2D eigenvalue weighted by Gasteiger charge is 2.41. The first-order valence-corrected chi connectivity index (χ1v) is 6.83. The highest BCUT2D eigenvalue weighted by molar-refractivity contribution is 5.94. The maximum Gasteiger partial charge on any atom is 0.227 e. The zero-order chi connectivity index (χ0) is 13.8. The number of ether oxygens (including phenoxy) is 1. The highest BCUT2D eigenvalue weighted by atomic mass is 16.5. The van der Waals surface area contributed by atoms with E-state index in [0.717, 1.165) is 12.8 Å². The van der Waals surface area contributed by atoms with Gasteiger partial charge in [-0.15, -0.1) is 0 Å². The van der Waals surface area contributed by atoms with Gasteiger partial charge in [0.25, 0.3) is 0 Å². The number of carbonyl (C=O) groups excluding carboxylic acids is 1. The molecule has 1 aromatic rings. The summed E-state index contributed by atoms with van der Waals surface area (Å²) in [6, 6.07) is 4.84. The number of aromatic hydroxyl groups is 1. The number of hydrogen-bond donors (Lipinski definition) is 2. The van der Waals surface area contributed by atoms with E-state index in [1.54, 1.807) is 12.1 Å². The molecule has 0 aliphatic heterocycles. The lowest BCUT2D eigenvalue weighted by Crippen LogP contribution is -2.14. The molecule has 1 aromatic carbocycles. The molecule has 0 heterocycles. The van der Waals surface area contributed by atoms with Crippen molar-refractivity contribution in [2.75, 3.05) is 12.4 Å². The molecule has 104 valence electrons. The third kappa shape index (κ3) is 3.40. The van der Waals surface area contributed by atoms with Gasteiger partial charge in [-0.1, -0.05) is 19.8 Å². The van der Waals surface area contributed by atoms with Gasteiger partial charge in [-0.3, -0.25) is 4.79 Å². The number of hydrogen-bond acceptors (Lipinski definition) is 3. The minimum atomic E-state index is 0.0766. The van der Waals surface area contributed by atoms with Crippen LogP contribution < -0.4 is 10.1 Å². The molecule has 2 rings (SSSR count). The van der Waals surface area contributed by atoms with Gasteiger partial charge in [-0.25, -0.2) is 0 Å². The Bertz CT molecular complexity index is 459. The number of phenolic OH excluding ortho intramolecular Hbond substituents is 1. The lowest BCUT2D eigenvalue weighted by atomic mass is 10.1. The average molecular weight is 263 g/mol. The fourth-order valence-corrected chi connectivity index (χ4v) is 2.34. The molecule has 0 aromatic heterocycles. The zero-order valence-corrected chi connectivity index (χ0v) is 11.5. The molecule has 0 radical (unpaired) electrons. The number of rotatable bonds is 6. The van der Waals surface area contributed by atoms with Crippen LogP contribution in [0.5, 0.6) is 11.5 Å². The van der Waals surface area contributed by atoms with Crippen molar-refractivity contribution in [2.24, 2.45) is 11.8 Å². The fourth-order valence-electron chi connectivity index (χ4n) is 2.34. The van der Waals surface area contributed by atoms with E-state index in [0.29, 0.717) is 17.4 Å². The summed E-state index contributed by atoms with van der Waals surface area (Å²) in [5.41, 5.74) is 0.667. The Hall–Kier alpha value is -1.71. The van der Waals surface area contributed by atoms with E-state index in [1.165, 1.54) is 26.0 Å². The number of unbranched alkanes of at least 4 members (excludes halogenated alkanes) is 1. The third-order valence-electron chi connectivity index (χ3n) is 3.64. The summed E-state index contributed by atoms with van der Waals surface area (Å²) in [5, 5.41) is 12.4. The van der Waals surface area contributed by atoms with Gasteiger partial charge < -0.3 is 15.2 Å². The maximum absolute atomic E-state index is 12.0. The molecule has 1 saturated carbocycles. The summed E-state index contributed by atoms with van der Waals surface area (Å²) in [6.07, 6.45) is 4.52. The van der Waals surface area contributed by atoms with Crippen LogP contribution in [-0.4, -0.2) is 18.1 Å². The van der Waals surface area contributed by atoms with Crippen molar-refractivity contribution in [1.82, 2.24) is 0 Å².